The molecule has 22 heavy (non-hydrogen) atoms. The van der Waals surface area contributed by atoms with Crippen molar-refractivity contribution in [1.82, 2.24) is 0 Å². The molecule has 0 heterocycles. The van der Waals surface area contributed by atoms with Crippen molar-refractivity contribution in [2.24, 2.45) is 17.8 Å². The third-order valence-corrected chi connectivity index (χ3v) is 5.89. The van der Waals surface area contributed by atoms with Crippen molar-refractivity contribution in [1.29, 1.82) is 0 Å². The second kappa shape index (κ2) is 6.64. The molecule has 1 aromatic carbocycles. The van der Waals surface area contributed by atoms with Crippen LogP contribution in [0, 0.1) is 35.2 Å². The average molecular weight is 310 g/mol. The smallest absolute Gasteiger partial charge is 0.194 e. The molecule has 2 fully saturated rings. The van der Waals surface area contributed by atoms with Crippen LogP contribution in [0.1, 0.15) is 69.8 Å². The van der Waals surface area contributed by atoms with E-state index in [0.717, 1.165) is 43.4 Å². The van der Waals surface area contributed by atoms with Gasteiger partial charge in [-0.15, -0.1) is 0 Å². The van der Waals surface area contributed by atoms with Gasteiger partial charge in [-0.05, 0) is 79.9 Å². The van der Waals surface area contributed by atoms with Crippen LogP contribution in [0.2, 0.25) is 0 Å². The van der Waals surface area contributed by atoms with E-state index >= 15 is 0 Å². The van der Waals surface area contributed by atoms with Crippen molar-refractivity contribution >= 4 is 0 Å². The minimum Gasteiger partial charge on any atom is -0.204 e. The van der Waals surface area contributed by atoms with Crippen LogP contribution in [0.5, 0.6) is 0 Å². The zero-order chi connectivity index (χ0) is 15.7. The molecule has 0 unspecified atom stereocenters. The van der Waals surface area contributed by atoms with Gasteiger partial charge in [0.05, 0.1) is 0 Å². The summed E-state index contributed by atoms with van der Waals surface area (Å²) in [5.74, 6) is -0.676. The summed E-state index contributed by atoms with van der Waals surface area (Å²) in [5.41, 5.74) is 0.632. The Bertz CT molecular complexity index is 488. The third-order valence-electron chi connectivity index (χ3n) is 5.89. The molecule has 0 aromatic heterocycles. The zero-order valence-corrected chi connectivity index (χ0v) is 13.3. The predicted molar refractivity (Wildman–Crippen MR) is 82.1 cm³/mol. The molecular weight excluding hydrogens is 285 g/mol. The molecular formula is C19H25F3. The maximum atomic E-state index is 13.4. The summed E-state index contributed by atoms with van der Waals surface area (Å²) in [6.07, 6.45) is 9.65. The summed E-state index contributed by atoms with van der Waals surface area (Å²) in [7, 11) is 0. The van der Waals surface area contributed by atoms with Crippen LogP contribution in [0.4, 0.5) is 13.2 Å². The monoisotopic (exact) mass is 310 g/mol. The van der Waals surface area contributed by atoms with Gasteiger partial charge in [0.2, 0.25) is 0 Å². The van der Waals surface area contributed by atoms with Crippen molar-refractivity contribution in [2.75, 3.05) is 0 Å². The van der Waals surface area contributed by atoms with Crippen LogP contribution in [-0.4, -0.2) is 0 Å². The van der Waals surface area contributed by atoms with E-state index in [2.05, 4.69) is 6.92 Å². The quantitative estimate of drug-likeness (QED) is 0.580. The molecule has 0 aliphatic heterocycles. The second-order valence-corrected chi connectivity index (χ2v) is 7.30. The van der Waals surface area contributed by atoms with Gasteiger partial charge in [0.15, 0.2) is 17.5 Å². The number of benzene rings is 1. The summed E-state index contributed by atoms with van der Waals surface area (Å²) in [6, 6.07) is 2.37. The molecule has 2 aliphatic carbocycles. The molecule has 0 amide bonds. The van der Waals surface area contributed by atoms with Crippen molar-refractivity contribution in [2.45, 2.75) is 64.2 Å². The van der Waals surface area contributed by atoms with Crippen LogP contribution >= 0.6 is 0 Å². The van der Waals surface area contributed by atoms with Crippen molar-refractivity contribution in [3.8, 4) is 0 Å². The normalized spacial score (nSPS) is 31.8. The van der Waals surface area contributed by atoms with Crippen molar-refractivity contribution in [3.63, 3.8) is 0 Å². The van der Waals surface area contributed by atoms with Gasteiger partial charge in [-0.3, -0.25) is 0 Å². The van der Waals surface area contributed by atoms with E-state index in [1.54, 1.807) is 0 Å². The van der Waals surface area contributed by atoms with Crippen molar-refractivity contribution < 1.29 is 13.2 Å². The van der Waals surface area contributed by atoms with Gasteiger partial charge in [-0.25, -0.2) is 13.2 Å². The highest BCUT2D eigenvalue weighted by Gasteiger charge is 2.36. The summed E-state index contributed by atoms with van der Waals surface area (Å²) in [4.78, 5) is 0. The summed E-state index contributed by atoms with van der Waals surface area (Å²) >= 11 is 0. The van der Waals surface area contributed by atoms with Crippen molar-refractivity contribution in [3.05, 3.63) is 35.1 Å². The van der Waals surface area contributed by atoms with Gasteiger partial charge in [-0.2, -0.15) is 0 Å². The van der Waals surface area contributed by atoms with E-state index in [-0.39, 0.29) is 5.92 Å². The molecule has 3 heteroatoms. The Hall–Kier alpha value is -0.990. The molecule has 122 valence electrons. The topological polar surface area (TPSA) is 0 Å². The first kappa shape index (κ1) is 15.9. The lowest BCUT2D eigenvalue weighted by Gasteiger charge is -2.43. The molecule has 2 saturated carbocycles. The lowest BCUT2D eigenvalue weighted by Crippen LogP contribution is -2.32. The zero-order valence-electron chi connectivity index (χ0n) is 13.3. The Morgan fingerprint density at radius 2 is 1.50 bits per heavy atom. The molecule has 3 rings (SSSR count). The lowest BCUT2D eigenvalue weighted by atomic mass is 9.62. The van der Waals surface area contributed by atoms with E-state index in [1.165, 1.54) is 37.8 Å². The Balaban J connectivity index is 1.54. The standard InChI is InChI=1S/C19H25F3/c1-2-3-12-8-15(9-12)13-4-6-14(7-5-13)16-10-17(20)19(22)18(21)11-16/h10-15H,2-9H2,1H3/t12?,13-,14-,15?. The Morgan fingerprint density at radius 1 is 0.909 bits per heavy atom. The molecule has 0 N–H and O–H groups in total. The molecule has 0 saturated heterocycles. The van der Waals surface area contributed by atoms with E-state index < -0.39 is 17.5 Å². The van der Waals surface area contributed by atoms with Crippen LogP contribution in [0.3, 0.4) is 0 Å². The van der Waals surface area contributed by atoms with E-state index in [1.807, 2.05) is 0 Å². The molecule has 0 spiro atoms. The maximum absolute atomic E-state index is 13.4. The summed E-state index contributed by atoms with van der Waals surface area (Å²) in [6.45, 7) is 2.25. The van der Waals surface area contributed by atoms with Crippen LogP contribution in [0.15, 0.2) is 12.1 Å². The van der Waals surface area contributed by atoms with Crippen LogP contribution in [0.25, 0.3) is 0 Å². The predicted octanol–water partition coefficient (Wildman–Crippen LogP) is 6.20. The fraction of sp³-hybridized carbons (Fsp3) is 0.684. The Labute approximate surface area is 131 Å². The number of hydrogen-bond acceptors (Lipinski definition) is 0. The van der Waals surface area contributed by atoms with Gasteiger partial charge in [-0.1, -0.05) is 19.8 Å². The minimum absolute atomic E-state index is 0.187. The number of rotatable bonds is 4. The fourth-order valence-corrected chi connectivity index (χ4v) is 4.55. The van der Waals surface area contributed by atoms with Gasteiger partial charge < -0.3 is 0 Å². The highest BCUT2D eigenvalue weighted by molar-refractivity contribution is 5.23. The first-order chi connectivity index (χ1) is 10.6. The first-order valence-corrected chi connectivity index (χ1v) is 8.72. The highest BCUT2D eigenvalue weighted by Crippen LogP contribution is 2.48. The largest absolute Gasteiger partial charge is 0.204 e. The molecule has 0 radical (unpaired) electrons. The fourth-order valence-electron chi connectivity index (χ4n) is 4.55. The molecule has 2 aliphatic rings. The molecule has 0 atom stereocenters. The summed E-state index contributed by atoms with van der Waals surface area (Å²) < 4.78 is 39.8. The summed E-state index contributed by atoms with van der Waals surface area (Å²) in [5, 5.41) is 0. The van der Waals surface area contributed by atoms with Gasteiger partial charge in [0, 0.05) is 0 Å². The number of hydrogen-bond donors (Lipinski definition) is 0. The van der Waals surface area contributed by atoms with E-state index in [0.29, 0.717) is 5.56 Å². The number of halogens is 3. The van der Waals surface area contributed by atoms with Crippen LogP contribution in [-0.2, 0) is 0 Å². The SMILES string of the molecule is CCCC1CC([C@H]2CC[C@H](c3cc(F)c(F)c(F)c3)CC2)C1. The first-order valence-electron chi connectivity index (χ1n) is 8.72. The van der Waals surface area contributed by atoms with E-state index in [9.17, 15) is 13.2 Å². The van der Waals surface area contributed by atoms with Gasteiger partial charge in [0.25, 0.3) is 0 Å². The Kier molecular flexibility index (Phi) is 4.79. The van der Waals surface area contributed by atoms with E-state index in [4.69, 9.17) is 0 Å². The average Bonchev–Trinajstić information content (AvgIpc) is 2.48. The minimum atomic E-state index is -1.35. The third kappa shape index (κ3) is 3.18. The highest BCUT2D eigenvalue weighted by atomic mass is 19.2. The molecule has 0 bridgehead atoms. The lowest BCUT2D eigenvalue weighted by molar-refractivity contribution is 0.0877. The Morgan fingerprint density at radius 3 is 2.05 bits per heavy atom. The van der Waals surface area contributed by atoms with Gasteiger partial charge in [0.1, 0.15) is 0 Å². The molecule has 1 aromatic rings. The van der Waals surface area contributed by atoms with Gasteiger partial charge >= 0.3 is 0 Å². The maximum Gasteiger partial charge on any atom is 0.194 e. The van der Waals surface area contributed by atoms with Crippen LogP contribution < -0.4 is 0 Å². The second-order valence-electron chi connectivity index (χ2n) is 7.30. The molecule has 0 nitrogen and oxygen atoms in total.